The summed E-state index contributed by atoms with van der Waals surface area (Å²) < 4.78 is 0. The summed E-state index contributed by atoms with van der Waals surface area (Å²) in [6, 6.07) is 0. The predicted octanol–water partition coefficient (Wildman–Crippen LogP) is 0.997. The molecule has 0 aromatic rings. The van der Waals surface area contributed by atoms with Crippen LogP contribution in [0.5, 0.6) is 0 Å². The first-order valence-corrected chi connectivity index (χ1v) is 5.44. The van der Waals surface area contributed by atoms with E-state index in [1.807, 2.05) is 4.90 Å². The summed E-state index contributed by atoms with van der Waals surface area (Å²) in [4.78, 5) is 13.9. The monoisotopic (exact) mass is 196 g/mol. The molecule has 1 amide bonds. The Morgan fingerprint density at radius 1 is 1.36 bits per heavy atom. The highest BCUT2D eigenvalue weighted by Gasteiger charge is 2.47. The molecule has 1 N–H and O–H groups in total. The SMILES string of the molecule is CC(C)(C)N1CC2(CC2)CNCC1=O. The Hall–Kier alpha value is -0.570. The number of rotatable bonds is 0. The van der Waals surface area contributed by atoms with Gasteiger partial charge in [0.2, 0.25) is 5.91 Å². The highest BCUT2D eigenvalue weighted by molar-refractivity contribution is 5.79. The molecule has 1 spiro atoms. The summed E-state index contributed by atoms with van der Waals surface area (Å²) >= 11 is 0. The molecule has 0 aromatic carbocycles. The third-order valence-electron chi connectivity index (χ3n) is 3.34. The standard InChI is InChI=1S/C11H20N2O/c1-10(2,3)13-8-11(4-5-11)7-12-6-9(13)14/h12H,4-8H2,1-3H3. The van der Waals surface area contributed by atoms with Crippen molar-refractivity contribution in [2.75, 3.05) is 19.6 Å². The zero-order valence-corrected chi connectivity index (χ0v) is 9.39. The van der Waals surface area contributed by atoms with Crippen LogP contribution < -0.4 is 5.32 Å². The second-order valence-electron chi connectivity index (χ2n) is 5.75. The van der Waals surface area contributed by atoms with E-state index in [0.29, 0.717) is 12.0 Å². The van der Waals surface area contributed by atoms with E-state index >= 15 is 0 Å². The van der Waals surface area contributed by atoms with E-state index in [1.165, 1.54) is 12.8 Å². The molecule has 0 aromatic heterocycles. The van der Waals surface area contributed by atoms with Gasteiger partial charge in [0.1, 0.15) is 0 Å². The molecule has 1 saturated heterocycles. The highest BCUT2D eigenvalue weighted by atomic mass is 16.2. The van der Waals surface area contributed by atoms with E-state index in [-0.39, 0.29) is 11.4 Å². The Bertz CT molecular complexity index is 251. The lowest BCUT2D eigenvalue weighted by atomic mass is 10.0. The summed E-state index contributed by atoms with van der Waals surface area (Å²) in [6.07, 6.45) is 2.56. The predicted molar refractivity (Wildman–Crippen MR) is 56.0 cm³/mol. The molecule has 80 valence electrons. The Labute approximate surface area is 85.8 Å². The highest BCUT2D eigenvalue weighted by Crippen LogP contribution is 2.47. The number of nitrogens with zero attached hydrogens (tertiary/aromatic N) is 1. The largest absolute Gasteiger partial charge is 0.336 e. The molecule has 1 heterocycles. The van der Waals surface area contributed by atoms with Crippen molar-refractivity contribution in [2.45, 2.75) is 39.2 Å². The van der Waals surface area contributed by atoms with Crippen molar-refractivity contribution < 1.29 is 4.79 Å². The van der Waals surface area contributed by atoms with Gasteiger partial charge < -0.3 is 10.2 Å². The van der Waals surface area contributed by atoms with Gasteiger partial charge >= 0.3 is 0 Å². The van der Waals surface area contributed by atoms with Gasteiger partial charge in [-0.2, -0.15) is 0 Å². The van der Waals surface area contributed by atoms with Gasteiger partial charge in [0.15, 0.2) is 0 Å². The van der Waals surface area contributed by atoms with Crippen molar-refractivity contribution in [3.63, 3.8) is 0 Å². The maximum atomic E-state index is 11.8. The fraction of sp³-hybridized carbons (Fsp3) is 0.909. The average molecular weight is 196 g/mol. The first kappa shape index (κ1) is 9.97. The van der Waals surface area contributed by atoms with E-state index in [0.717, 1.165) is 13.1 Å². The van der Waals surface area contributed by atoms with Crippen LogP contribution in [0.25, 0.3) is 0 Å². The van der Waals surface area contributed by atoms with E-state index in [4.69, 9.17) is 0 Å². The first-order chi connectivity index (χ1) is 6.43. The topological polar surface area (TPSA) is 32.3 Å². The molecule has 2 rings (SSSR count). The Morgan fingerprint density at radius 3 is 2.50 bits per heavy atom. The van der Waals surface area contributed by atoms with Gasteiger partial charge in [-0.05, 0) is 33.6 Å². The van der Waals surface area contributed by atoms with Gasteiger partial charge in [0.25, 0.3) is 0 Å². The van der Waals surface area contributed by atoms with Gasteiger partial charge in [-0.3, -0.25) is 4.79 Å². The Morgan fingerprint density at radius 2 is 2.00 bits per heavy atom. The van der Waals surface area contributed by atoms with Crippen molar-refractivity contribution in [3.8, 4) is 0 Å². The molecule has 1 aliphatic carbocycles. The fourth-order valence-electron chi connectivity index (χ4n) is 2.13. The molecule has 0 radical (unpaired) electrons. The minimum Gasteiger partial charge on any atom is -0.336 e. The number of hydrogen-bond acceptors (Lipinski definition) is 2. The summed E-state index contributed by atoms with van der Waals surface area (Å²) in [5, 5.41) is 3.26. The number of carbonyl (C=O) groups excluding carboxylic acids is 1. The zero-order chi connectivity index (χ0) is 10.4. The smallest absolute Gasteiger partial charge is 0.236 e. The van der Waals surface area contributed by atoms with Gasteiger partial charge in [0.05, 0.1) is 6.54 Å². The lowest BCUT2D eigenvalue weighted by molar-refractivity contribution is -0.134. The fourth-order valence-corrected chi connectivity index (χ4v) is 2.13. The first-order valence-electron chi connectivity index (χ1n) is 5.44. The maximum absolute atomic E-state index is 11.8. The van der Waals surface area contributed by atoms with Gasteiger partial charge in [-0.15, -0.1) is 0 Å². The Balaban J connectivity index is 2.15. The van der Waals surface area contributed by atoms with Crippen molar-refractivity contribution in [1.82, 2.24) is 10.2 Å². The molecule has 3 heteroatoms. The van der Waals surface area contributed by atoms with Crippen molar-refractivity contribution >= 4 is 5.91 Å². The van der Waals surface area contributed by atoms with Crippen LogP contribution in [0.1, 0.15) is 33.6 Å². The molecule has 14 heavy (non-hydrogen) atoms. The normalized spacial score (nSPS) is 26.5. The van der Waals surface area contributed by atoms with E-state index < -0.39 is 0 Å². The molecule has 1 saturated carbocycles. The minimum atomic E-state index is -0.0291. The van der Waals surface area contributed by atoms with Gasteiger partial charge in [-0.25, -0.2) is 0 Å². The lowest BCUT2D eigenvalue weighted by Crippen LogP contribution is -2.48. The van der Waals surface area contributed by atoms with Crippen LogP contribution in [0.3, 0.4) is 0 Å². The van der Waals surface area contributed by atoms with Crippen LogP contribution in [-0.4, -0.2) is 36.0 Å². The van der Waals surface area contributed by atoms with Crippen molar-refractivity contribution in [1.29, 1.82) is 0 Å². The number of carbonyl (C=O) groups is 1. The average Bonchev–Trinajstić information content (AvgIpc) is 2.81. The summed E-state index contributed by atoms with van der Waals surface area (Å²) in [5.74, 6) is 0.251. The van der Waals surface area contributed by atoms with Gasteiger partial charge in [-0.1, -0.05) is 0 Å². The molecular weight excluding hydrogens is 176 g/mol. The molecule has 2 aliphatic rings. The lowest BCUT2D eigenvalue weighted by Gasteiger charge is -2.36. The van der Waals surface area contributed by atoms with Crippen LogP contribution in [0, 0.1) is 5.41 Å². The third kappa shape index (κ3) is 1.78. The second kappa shape index (κ2) is 2.96. The molecule has 1 aliphatic heterocycles. The van der Waals surface area contributed by atoms with Gasteiger partial charge in [0, 0.05) is 24.0 Å². The quantitative estimate of drug-likeness (QED) is 0.627. The van der Waals surface area contributed by atoms with Crippen LogP contribution in [0.2, 0.25) is 0 Å². The summed E-state index contributed by atoms with van der Waals surface area (Å²) in [6.45, 7) is 8.83. The summed E-state index contributed by atoms with van der Waals surface area (Å²) in [5.41, 5.74) is 0.387. The minimum absolute atomic E-state index is 0.0291. The number of hydrogen-bond donors (Lipinski definition) is 1. The zero-order valence-electron chi connectivity index (χ0n) is 9.39. The van der Waals surface area contributed by atoms with Crippen LogP contribution in [0.15, 0.2) is 0 Å². The molecule has 3 nitrogen and oxygen atoms in total. The number of amides is 1. The maximum Gasteiger partial charge on any atom is 0.236 e. The molecule has 0 bridgehead atoms. The molecule has 2 fully saturated rings. The van der Waals surface area contributed by atoms with E-state index in [9.17, 15) is 4.79 Å². The van der Waals surface area contributed by atoms with E-state index in [2.05, 4.69) is 26.1 Å². The third-order valence-corrected chi connectivity index (χ3v) is 3.34. The van der Waals surface area contributed by atoms with Crippen LogP contribution in [0.4, 0.5) is 0 Å². The van der Waals surface area contributed by atoms with Crippen molar-refractivity contribution in [3.05, 3.63) is 0 Å². The molecular formula is C11H20N2O. The van der Waals surface area contributed by atoms with E-state index in [1.54, 1.807) is 0 Å². The second-order valence-corrected chi connectivity index (χ2v) is 5.75. The van der Waals surface area contributed by atoms with Crippen LogP contribution >= 0.6 is 0 Å². The van der Waals surface area contributed by atoms with Crippen molar-refractivity contribution in [2.24, 2.45) is 5.41 Å². The summed E-state index contributed by atoms with van der Waals surface area (Å²) in [7, 11) is 0. The number of nitrogens with one attached hydrogen (secondary N) is 1. The van der Waals surface area contributed by atoms with Crippen LogP contribution in [-0.2, 0) is 4.79 Å². The molecule has 0 atom stereocenters. The Kier molecular flexibility index (Phi) is 2.11. The molecule has 0 unspecified atom stereocenters.